The second kappa shape index (κ2) is 6.34. The van der Waals surface area contributed by atoms with Gasteiger partial charge >= 0.3 is 0 Å². The van der Waals surface area contributed by atoms with Crippen molar-refractivity contribution in [1.82, 2.24) is 15.1 Å². The Labute approximate surface area is 131 Å². The van der Waals surface area contributed by atoms with Crippen LogP contribution in [0.15, 0.2) is 36.4 Å². The second-order valence-corrected chi connectivity index (χ2v) is 6.38. The highest BCUT2D eigenvalue weighted by molar-refractivity contribution is 5.93. The fourth-order valence-electron chi connectivity index (χ4n) is 3.15. The molecule has 2 aromatic rings. The van der Waals surface area contributed by atoms with Crippen molar-refractivity contribution >= 4 is 5.91 Å². The van der Waals surface area contributed by atoms with E-state index in [1.807, 2.05) is 41.3 Å². The number of hydrogen-bond donors (Lipinski definition) is 1. The van der Waals surface area contributed by atoms with Gasteiger partial charge in [0.2, 0.25) is 0 Å². The molecule has 0 bridgehead atoms. The Morgan fingerprint density at radius 2 is 2.00 bits per heavy atom. The Morgan fingerprint density at radius 3 is 2.77 bits per heavy atom. The summed E-state index contributed by atoms with van der Waals surface area (Å²) in [6.45, 7) is 5.20. The molecule has 2 unspecified atom stereocenters. The van der Waals surface area contributed by atoms with Crippen LogP contribution in [0.25, 0.3) is 11.3 Å². The molecular formula is C18H23N3O. The Bertz CT molecular complexity index is 635. The predicted molar refractivity (Wildman–Crippen MR) is 87.5 cm³/mol. The zero-order valence-electron chi connectivity index (χ0n) is 13.2. The van der Waals surface area contributed by atoms with Crippen LogP contribution in [0, 0.1) is 5.92 Å². The molecule has 3 rings (SSSR count). The molecule has 0 radical (unpaired) electrons. The van der Waals surface area contributed by atoms with Crippen LogP contribution in [0.1, 0.15) is 43.6 Å². The zero-order chi connectivity index (χ0) is 15.5. The molecule has 22 heavy (non-hydrogen) atoms. The molecule has 1 aromatic carbocycles. The lowest BCUT2D eigenvalue weighted by Crippen LogP contribution is -2.40. The minimum Gasteiger partial charge on any atom is -0.334 e. The van der Waals surface area contributed by atoms with Crippen LogP contribution in [0.2, 0.25) is 0 Å². The summed E-state index contributed by atoms with van der Waals surface area (Å²) in [5, 5.41) is 7.21. The first-order chi connectivity index (χ1) is 10.6. The van der Waals surface area contributed by atoms with Crippen molar-refractivity contribution in [2.45, 2.75) is 39.2 Å². The molecule has 4 heteroatoms. The van der Waals surface area contributed by atoms with E-state index >= 15 is 0 Å². The van der Waals surface area contributed by atoms with Gasteiger partial charge in [-0.2, -0.15) is 5.10 Å². The quantitative estimate of drug-likeness (QED) is 0.918. The number of aromatic amines is 1. The van der Waals surface area contributed by atoms with Gasteiger partial charge in [-0.25, -0.2) is 0 Å². The van der Waals surface area contributed by atoms with Gasteiger partial charge in [0, 0.05) is 18.2 Å². The van der Waals surface area contributed by atoms with Gasteiger partial charge in [0.25, 0.3) is 5.91 Å². The Morgan fingerprint density at radius 1 is 1.23 bits per heavy atom. The number of benzene rings is 1. The maximum Gasteiger partial charge on any atom is 0.272 e. The molecule has 1 aromatic heterocycles. The SMILES string of the molecule is CC1CCCC(C)N(C(=O)c2cc(-c3ccccc3)n[nH]2)C1. The number of aromatic nitrogens is 2. The summed E-state index contributed by atoms with van der Waals surface area (Å²) in [7, 11) is 0. The lowest BCUT2D eigenvalue weighted by atomic mass is 10.1. The van der Waals surface area contributed by atoms with E-state index in [1.54, 1.807) is 0 Å². The van der Waals surface area contributed by atoms with E-state index in [2.05, 4.69) is 24.0 Å². The molecule has 4 nitrogen and oxygen atoms in total. The van der Waals surface area contributed by atoms with Gasteiger partial charge in [-0.3, -0.25) is 9.89 Å². The number of amides is 1. The van der Waals surface area contributed by atoms with Crippen LogP contribution in [-0.2, 0) is 0 Å². The highest BCUT2D eigenvalue weighted by Crippen LogP contribution is 2.23. The van der Waals surface area contributed by atoms with Crippen molar-refractivity contribution in [3.8, 4) is 11.3 Å². The number of carbonyl (C=O) groups excluding carboxylic acids is 1. The second-order valence-electron chi connectivity index (χ2n) is 6.38. The monoisotopic (exact) mass is 297 g/mol. The number of nitrogens with zero attached hydrogens (tertiary/aromatic N) is 2. The fourth-order valence-corrected chi connectivity index (χ4v) is 3.15. The third kappa shape index (κ3) is 3.06. The van der Waals surface area contributed by atoms with Crippen molar-refractivity contribution in [2.24, 2.45) is 5.92 Å². The van der Waals surface area contributed by atoms with E-state index in [-0.39, 0.29) is 5.91 Å². The molecule has 0 saturated carbocycles. The van der Waals surface area contributed by atoms with Crippen molar-refractivity contribution < 1.29 is 4.79 Å². The van der Waals surface area contributed by atoms with Gasteiger partial charge < -0.3 is 4.90 Å². The number of hydrogen-bond acceptors (Lipinski definition) is 2. The molecule has 1 aliphatic rings. The fraction of sp³-hybridized carbons (Fsp3) is 0.444. The largest absolute Gasteiger partial charge is 0.334 e. The van der Waals surface area contributed by atoms with Crippen molar-refractivity contribution in [1.29, 1.82) is 0 Å². The van der Waals surface area contributed by atoms with E-state index in [1.165, 1.54) is 12.8 Å². The number of likely N-dealkylation sites (tertiary alicyclic amines) is 1. The first-order valence-corrected chi connectivity index (χ1v) is 8.07. The number of rotatable bonds is 2. The molecule has 2 atom stereocenters. The molecular weight excluding hydrogens is 274 g/mol. The average molecular weight is 297 g/mol. The van der Waals surface area contributed by atoms with Gasteiger partial charge in [0.15, 0.2) is 0 Å². The predicted octanol–water partition coefficient (Wildman–Crippen LogP) is 3.73. The standard InChI is InChI=1S/C18H23N3O/c1-13-7-6-8-14(2)21(12-13)18(22)17-11-16(19-20-17)15-9-4-3-5-10-15/h3-5,9-11,13-14H,6-8,12H2,1-2H3,(H,19,20). The van der Waals surface area contributed by atoms with Gasteiger partial charge in [0.05, 0.1) is 5.69 Å². The maximum atomic E-state index is 12.8. The summed E-state index contributed by atoms with van der Waals surface area (Å²) < 4.78 is 0. The minimum absolute atomic E-state index is 0.0657. The first kappa shape index (κ1) is 14.8. The smallest absolute Gasteiger partial charge is 0.272 e. The third-order valence-corrected chi connectivity index (χ3v) is 4.50. The first-order valence-electron chi connectivity index (χ1n) is 8.07. The summed E-state index contributed by atoms with van der Waals surface area (Å²) in [6, 6.07) is 12.1. The molecule has 2 heterocycles. The average Bonchev–Trinajstić information content (AvgIpc) is 2.96. The van der Waals surface area contributed by atoms with Crippen molar-refractivity contribution in [3.05, 3.63) is 42.1 Å². The lowest BCUT2D eigenvalue weighted by Gasteiger charge is -2.28. The van der Waals surface area contributed by atoms with E-state index in [0.29, 0.717) is 17.7 Å². The molecule has 1 amide bonds. The number of carbonyl (C=O) groups is 1. The summed E-state index contributed by atoms with van der Waals surface area (Å²) in [4.78, 5) is 14.8. The molecule has 1 saturated heterocycles. The van der Waals surface area contributed by atoms with Crippen molar-refractivity contribution in [2.75, 3.05) is 6.54 Å². The summed E-state index contributed by atoms with van der Waals surface area (Å²) in [6.07, 6.45) is 3.48. The van der Waals surface area contributed by atoms with Gasteiger partial charge in [-0.15, -0.1) is 0 Å². The maximum absolute atomic E-state index is 12.8. The Kier molecular flexibility index (Phi) is 4.27. The van der Waals surface area contributed by atoms with Crippen LogP contribution in [0.5, 0.6) is 0 Å². The topological polar surface area (TPSA) is 49.0 Å². The van der Waals surface area contributed by atoms with Crippen LogP contribution in [0.3, 0.4) is 0 Å². The molecule has 1 aliphatic heterocycles. The highest BCUT2D eigenvalue weighted by Gasteiger charge is 2.27. The molecule has 0 aliphatic carbocycles. The van der Waals surface area contributed by atoms with Crippen LogP contribution in [-0.4, -0.2) is 33.6 Å². The Hall–Kier alpha value is -2.10. The van der Waals surface area contributed by atoms with E-state index < -0.39 is 0 Å². The van der Waals surface area contributed by atoms with Gasteiger partial charge in [-0.1, -0.05) is 43.7 Å². The molecule has 1 fully saturated rings. The van der Waals surface area contributed by atoms with Crippen LogP contribution < -0.4 is 0 Å². The molecule has 1 N–H and O–H groups in total. The normalized spacial score (nSPS) is 22.4. The highest BCUT2D eigenvalue weighted by atomic mass is 16.2. The number of nitrogens with one attached hydrogen (secondary N) is 1. The lowest BCUT2D eigenvalue weighted by molar-refractivity contribution is 0.0671. The molecule has 116 valence electrons. The third-order valence-electron chi connectivity index (χ3n) is 4.50. The van der Waals surface area contributed by atoms with E-state index in [0.717, 1.165) is 24.2 Å². The van der Waals surface area contributed by atoms with Crippen molar-refractivity contribution in [3.63, 3.8) is 0 Å². The van der Waals surface area contributed by atoms with Gasteiger partial charge in [-0.05, 0) is 31.7 Å². The minimum atomic E-state index is 0.0657. The van der Waals surface area contributed by atoms with Crippen LogP contribution in [0.4, 0.5) is 0 Å². The summed E-state index contributed by atoms with van der Waals surface area (Å²) in [5.74, 6) is 0.626. The summed E-state index contributed by atoms with van der Waals surface area (Å²) in [5.41, 5.74) is 2.43. The van der Waals surface area contributed by atoms with Crippen LogP contribution >= 0.6 is 0 Å². The zero-order valence-corrected chi connectivity index (χ0v) is 13.2. The number of H-pyrrole nitrogens is 1. The Balaban J connectivity index is 1.81. The van der Waals surface area contributed by atoms with E-state index in [9.17, 15) is 4.79 Å². The van der Waals surface area contributed by atoms with E-state index in [4.69, 9.17) is 0 Å². The van der Waals surface area contributed by atoms with Gasteiger partial charge in [0.1, 0.15) is 5.69 Å². The molecule has 0 spiro atoms. The summed E-state index contributed by atoms with van der Waals surface area (Å²) >= 11 is 0.